The molecule has 0 saturated heterocycles. The van der Waals surface area contributed by atoms with Gasteiger partial charge in [-0.15, -0.1) is 0 Å². The van der Waals surface area contributed by atoms with Crippen molar-refractivity contribution in [2.45, 2.75) is 36.1 Å². The predicted octanol–water partition coefficient (Wildman–Crippen LogP) is 4.60. The minimum Gasteiger partial charge on any atom is -0.258 e. The third-order valence-electron chi connectivity index (χ3n) is 2.62. The van der Waals surface area contributed by atoms with E-state index in [4.69, 9.17) is 0 Å². The second kappa shape index (κ2) is 6.11. The fraction of sp³-hybridized carbons (Fsp3) is 0.286. The molecule has 0 atom stereocenters. The molecule has 0 spiro atoms. The largest absolute Gasteiger partial charge is 0.283 e. The lowest BCUT2D eigenvalue weighted by Gasteiger charge is -2.17. The molecule has 2 rings (SSSR count). The van der Waals surface area contributed by atoms with E-state index in [2.05, 4.69) is 25.9 Å². The molecule has 0 bridgehead atoms. The maximum atomic E-state index is 11.1. The standard InChI is InChI=1S/C14H14BrN3O2S/c1-14(2,3)13-16-11(15)8-12(17-13)21-10-7-5-4-6-9(10)18(19)20/h4-8H,1-3H3. The van der Waals surface area contributed by atoms with Crippen LogP contribution in [0.25, 0.3) is 0 Å². The van der Waals surface area contributed by atoms with Crippen LogP contribution in [0.15, 0.2) is 44.9 Å². The molecule has 21 heavy (non-hydrogen) atoms. The summed E-state index contributed by atoms with van der Waals surface area (Å²) in [6, 6.07) is 8.39. The van der Waals surface area contributed by atoms with Gasteiger partial charge in [0, 0.05) is 17.5 Å². The Labute approximate surface area is 135 Å². The summed E-state index contributed by atoms with van der Waals surface area (Å²) in [4.78, 5) is 20.1. The van der Waals surface area contributed by atoms with E-state index in [1.165, 1.54) is 17.8 Å². The molecule has 0 aliphatic carbocycles. The Morgan fingerprint density at radius 1 is 1.24 bits per heavy atom. The van der Waals surface area contributed by atoms with E-state index in [9.17, 15) is 10.1 Å². The molecule has 1 heterocycles. The van der Waals surface area contributed by atoms with Gasteiger partial charge in [0.1, 0.15) is 15.5 Å². The lowest BCUT2D eigenvalue weighted by Crippen LogP contribution is -2.16. The first-order chi connectivity index (χ1) is 9.77. The molecule has 0 unspecified atom stereocenters. The average molecular weight is 368 g/mol. The van der Waals surface area contributed by atoms with Crippen molar-refractivity contribution in [3.8, 4) is 0 Å². The Morgan fingerprint density at radius 2 is 1.90 bits per heavy atom. The highest BCUT2D eigenvalue weighted by Gasteiger charge is 2.20. The molecule has 110 valence electrons. The fourth-order valence-electron chi connectivity index (χ4n) is 1.59. The summed E-state index contributed by atoms with van der Waals surface area (Å²) < 4.78 is 0.670. The van der Waals surface area contributed by atoms with E-state index in [1.807, 2.05) is 20.8 Å². The maximum Gasteiger partial charge on any atom is 0.283 e. The van der Waals surface area contributed by atoms with Crippen LogP contribution in [0.3, 0.4) is 0 Å². The predicted molar refractivity (Wildman–Crippen MR) is 85.7 cm³/mol. The van der Waals surface area contributed by atoms with Gasteiger partial charge in [0.15, 0.2) is 0 Å². The van der Waals surface area contributed by atoms with Crippen LogP contribution in [0.1, 0.15) is 26.6 Å². The van der Waals surface area contributed by atoms with Crippen LogP contribution < -0.4 is 0 Å². The topological polar surface area (TPSA) is 68.9 Å². The molecule has 1 aromatic heterocycles. The Morgan fingerprint density at radius 3 is 2.52 bits per heavy atom. The fourth-order valence-corrected chi connectivity index (χ4v) is 3.05. The lowest BCUT2D eigenvalue weighted by molar-refractivity contribution is -0.387. The molecule has 0 amide bonds. The Hall–Kier alpha value is -1.47. The van der Waals surface area contributed by atoms with E-state index >= 15 is 0 Å². The number of aromatic nitrogens is 2. The summed E-state index contributed by atoms with van der Waals surface area (Å²) >= 11 is 4.63. The molecule has 1 aromatic carbocycles. The van der Waals surface area contributed by atoms with Crippen molar-refractivity contribution in [1.82, 2.24) is 9.97 Å². The van der Waals surface area contributed by atoms with E-state index in [0.29, 0.717) is 20.3 Å². The van der Waals surface area contributed by atoms with Crippen LogP contribution in [-0.4, -0.2) is 14.9 Å². The number of benzene rings is 1. The Balaban J connectivity index is 2.41. The van der Waals surface area contributed by atoms with Crippen molar-refractivity contribution in [1.29, 1.82) is 0 Å². The highest BCUT2D eigenvalue weighted by Crippen LogP contribution is 2.35. The van der Waals surface area contributed by atoms with Gasteiger partial charge in [0.2, 0.25) is 0 Å². The molecule has 0 radical (unpaired) electrons. The Bertz CT molecular complexity index is 686. The monoisotopic (exact) mass is 367 g/mol. The second-order valence-corrected chi connectivity index (χ2v) is 7.30. The van der Waals surface area contributed by atoms with E-state index in [1.54, 1.807) is 24.3 Å². The van der Waals surface area contributed by atoms with Gasteiger partial charge in [0.05, 0.1) is 9.82 Å². The number of nitrogens with zero attached hydrogens (tertiary/aromatic N) is 3. The zero-order chi connectivity index (χ0) is 15.6. The van der Waals surface area contributed by atoms with Crippen molar-refractivity contribution >= 4 is 33.4 Å². The summed E-state index contributed by atoms with van der Waals surface area (Å²) in [7, 11) is 0. The molecule has 0 saturated carbocycles. The number of para-hydroxylation sites is 1. The van der Waals surface area contributed by atoms with Crippen LogP contribution in [0.2, 0.25) is 0 Å². The van der Waals surface area contributed by atoms with E-state index < -0.39 is 0 Å². The third-order valence-corrected chi connectivity index (χ3v) is 4.01. The van der Waals surface area contributed by atoms with Crippen LogP contribution >= 0.6 is 27.7 Å². The van der Waals surface area contributed by atoms with Gasteiger partial charge in [-0.2, -0.15) is 0 Å². The Kier molecular flexibility index (Phi) is 4.63. The molecule has 0 N–H and O–H groups in total. The SMILES string of the molecule is CC(C)(C)c1nc(Br)cc(Sc2ccccc2[N+](=O)[O-])n1. The van der Waals surface area contributed by atoms with Gasteiger partial charge in [-0.3, -0.25) is 10.1 Å². The summed E-state index contributed by atoms with van der Waals surface area (Å²) in [5, 5.41) is 11.7. The highest BCUT2D eigenvalue weighted by molar-refractivity contribution is 9.10. The van der Waals surface area contributed by atoms with Gasteiger partial charge >= 0.3 is 0 Å². The summed E-state index contributed by atoms with van der Waals surface area (Å²) in [5.41, 5.74) is -0.114. The quantitative estimate of drug-likeness (QED) is 0.450. The first kappa shape index (κ1) is 15.9. The van der Waals surface area contributed by atoms with Crippen molar-refractivity contribution in [3.05, 3.63) is 50.9 Å². The van der Waals surface area contributed by atoms with E-state index in [0.717, 1.165) is 0 Å². The van der Waals surface area contributed by atoms with Crippen molar-refractivity contribution in [2.75, 3.05) is 0 Å². The number of hydrogen-bond donors (Lipinski definition) is 0. The molecular formula is C14H14BrN3O2S. The molecule has 0 aliphatic heterocycles. The minimum atomic E-state index is -0.386. The number of nitro groups is 1. The van der Waals surface area contributed by atoms with Crippen LogP contribution in [0.4, 0.5) is 5.69 Å². The second-order valence-electron chi connectivity index (χ2n) is 5.43. The van der Waals surface area contributed by atoms with Crippen LogP contribution in [0, 0.1) is 10.1 Å². The number of halogens is 1. The first-order valence-corrected chi connectivity index (χ1v) is 7.84. The number of rotatable bonds is 3. The summed E-state index contributed by atoms with van der Waals surface area (Å²) in [6.45, 7) is 6.07. The molecular weight excluding hydrogens is 354 g/mol. The van der Waals surface area contributed by atoms with Crippen LogP contribution in [0.5, 0.6) is 0 Å². The number of hydrogen-bond acceptors (Lipinski definition) is 5. The van der Waals surface area contributed by atoms with Gasteiger partial charge in [-0.05, 0) is 22.0 Å². The molecule has 7 heteroatoms. The lowest BCUT2D eigenvalue weighted by atomic mass is 9.96. The molecule has 0 aliphatic rings. The summed E-state index contributed by atoms with van der Waals surface area (Å²) in [5.74, 6) is 0.693. The molecule has 0 fully saturated rings. The summed E-state index contributed by atoms with van der Waals surface area (Å²) in [6.07, 6.45) is 0. The maximum absolute atomic E-state index is 11.1. The van der Waals surface area contributed by atoms with Gasteiger partial charge < -0.3 is 0 Å². The number of nitro benzene ring substituents is 1. The van der Waals surface area contributed by atoms with E-state index in [-0.39, 0.29) is 16.0 Å². The first-order valence-electron chi connectivity index (χ1n) is 6.24. The van der Waals surface area contributed by atoms with Crippen molar-refractivity contribution < 1.29 is 4.92 Å². The van der Waals surface area contributed by atoms with Crippen molar-refractivity contribution in [2.24, 2.45) is 0 Å². The highest BCUT2D eigenvalue weighted by atomic mass is 79.9. The van der Waals surface area contributed by atoms with Gasteiger partial charge in [0.25, 0.3) is 5.69 Å². The van der Waals surface area contributed by atoms with Gasteiger partial charge in [-0.1, -0.05) is 44.7 Å². The normalized spacial score (nSPS) is 11.4. The zero-order valence-corrected chi connectivity index (χ0v) is 14.2. The minimum absolute atomic E-state index is 0.0783. The van der Waals surface area contributed by atoms with Gasteiger partial charge in [-0.25, -0.2) is 9.97 Å². The van der Waals surface area contributed by atoms with Crippen molar-refractivity contribution in [3.63, 3.8) is 0 Å². The van der Waals surface area contributed by atoms with Crippen LogP contribution in [-0.2, 0) is 5.41 Å². The average Bonchev–Trinajstić information content (AvgIpc) is 2.37. The molecule has 2 aromatic rings. The smallest absolute Gasteiger partial charge is 0.258 e. The third kappa shape index (κ3) is 4.01. The molecule has 5 nitrogen and oxygen atoms in total. The zero-order valence-electron chi connectivity index (χ0n) is 11.8.